The lowest BCUT2D eigenvalue weighted by Crippen LogP contribution is -2.64. The molecule has 0 radical (unpaired) electrons. The molecule has 11 heteroatoms. The van der Waals surface area contributed by atoms with Crippen LogP contribution in [0.5, 0.6) is 0 Å². The molecule has 0 atom stereocenters. The van der Waals surface area contributed by atoms with Crippen LogP contribution in [0.4, 0.5) is 35.1 Å². The van der Waals surface area contributed by atoms with Gasteiger partial charge in [0.2, 0.25) is 5.71 Å². The number of benzene rings is 2. The summed E-state index contributed by atoms with van der Waals surface area (Å²) in [7, 11) is 0. The highest BCUT2D eigenvalue weighted by atomic mass is 19.4. The maximum atomic E-state index is 15.6. The van der Waals surface area contributed by atoms with Gasteiger partial charge in [-0.1, -0.05) is 51.1 Å². The summed E-state index contributed by atoms with van der Waals surface area (Å²) < 4.78 is 191. The minimum atomic E-state index is -6.73. The van der Waals surface area contributed by atoms with Gasteiger partial charge in [-0.25, -0.2) is 4.98 Å². The van der Waals surface area contributed by atoms with Crippen LogP contribution in [0.2, 0.25) is 0 Å². The highest BCUT2D eigenvalue weighted by Gasteiger charge is 2.86. The number of pyridine rings is 2. The second-order valence-electron chi connectivity index (χ2n) is 11.5. The van der Waals surface area contributed by atoms with Crippen LogP contribution in [-0.4, -0.2) is 21.8 Å². The van der Waals surface area contributed by atoms with E-state index >= 15 is 17.6 Å². The molecule has 230 valence electrons. The largest absolute Gasteiger partial charge is 0.437 e. The molecule has 3 aromatic heterocycles. The third-order valence-electron chi connectivity index (χ3n) is 7.34. The third-order valence-corrected chi connectivity index (χ3v) is 7.34. The van der Waals surface area contributed by atoms with Crippen molar-refractivity contribution >= 4 is 22.1 Å². The van der Waals surface area contributed by atoms with Gasteiger partial charge in [0, 0.05) is 28.1 Å². The number of hydrogen-bond donors (Lipinski definition) is 0. The van der Waals surface area contributed by atoms with Crippen LogP contribution in [0, 0.1) is 19.1 Å². The maximum absolute atomic E-state index is 15.6. The van der Waals surface area contributed by atoms with E-state index in [0.29, 0.717) is 0 Å². The summed E-state index contributed by atoms with van der Waals surface area (Å²) in [5.41, 5.74) is -9.45. The van der Waals surface area contributed by atoms with Gasteiger partial charge in [0.25, 0.3) is 0 Å². The normalized spacial score (nSPS) is 22.1. The number of fused-ring (bicyclic) bond motifs is 5. The molecule has 6 rings (SSSR count). The molecule has 2 aromatic carbocycles. The van der Waals surface area contributed by atoms with E-state index in [1.54, 1.807) is 20.8 Å². The van der Waals surface area contributed by atoms with E-state index in [9.17, 15) is 17.6 Å². The topological polar surface area (TPSA) is 38.9 Å². The fourth-order valence-electron chi connectivity index (χ4n) is 5.41. The minimum Gasteiger partial charge on any atom is -0.437 e. The van der Waals surface area contributed by atoms with Crippen LogP contribution in [0.25, 0.3) is 44.5 Å². The lowest BCUT2D eigenvalue weighted by Gasteiger charge is -2.43. The van der Waals surface area contributed by atoms with Crippen LogP contribution >= 0.6 is 0 Å². The van der Waals surface area contributed by atoms with Gasteiger partial charge >= 0.3 is 23.7 Å². The SMILES string of the molecule is [2H]C([2H])([2H])c1cc(C([2H])([2H])C(C)(C)C)ccc1-c1ccnc(-c2cccc3c2oc2nc(C([2H])([2H])[2H])c4c(c23)C(F)(F)C(F)(F)C(F)(F)C4(F)F)c1. The van der Waals surface area contributed by atoms with Gasteiger partial charge in [0.1, 0.15) is 5.58 Å². The number of nitrogens with zero attached hydrogens (tertiary/aromatic N) is 2. The van der Waals surface area contributed by atoms with E-state index < -0.39 is 88.1 Å². The number of rotatable bonds is 3. The minimum absolute atomic E-state index is 0.0633. The molecule has 1 aliphatic rings. The molecule has 1 aliphatic carbocycles. The highest BCUT2D eigenvalue weighted by Crippen LogP contribution is 2.66. The monoisotopic (exact) mass is 626 g/mol. The molecule has 0 saturated carbocycles. The average Bonchev–Trinajstić information content (AvgIpc) is 3.40. The lowest BCUT2D eigenvalue weighted by atomic mass is 9.78. The highest BCUT2D eigenvalue weighted by molar-refractivity contribution is 6.10. The van der Waals surface area contributed by atoms with Crippen molar-refractivity contribution < 1.29 is 50.5 Å². The molecule has 0 spiro atoms. The van der Waals surface area contributed by atoms with Crippen molar-refractivity contribution in [2.45, 2.75) is 64.5 Å². The first kappa shape index (κ1) is 21.6. The van der Waals surface area contributed by atoms with Crippen molar-refractivity contribution in [3.8, 4) is 22.4 Å². The molecule has 3 nitrogen and oxygen atoms in total. The van der Waals surface area contributed by atoms with Crippen LogP contribution in [0.1, 0.15) is 59.7 Å². The van der Waals surface area contributed by atoms with Gasteiger partial charge < -0.3 is 4.42 Å². The zero-order chi connectivity index (χ0) is 39.0. The average molecular weight is 627 g/mol. The molecule has 0 N–H and O–H groups in total. The molecule has 0 fully saturated rings. The molecule has 3 heterocycles. The number of aryl methyl sites for hydroxylation is 2. The summed E-state index contributed by atoms with van der Waals surface area (Å²) in [5.74, 6) is -25.6. The second-order valence-corrected chi connectivity index (χ2v) is 11.5. The van der Waals surface area contributed by atoms with Crippen molar-refractivity contribution in [3.05, 3.63) is 82.7 Å². The van der Waals surface area contributed by atoms with Crippen molar-refractivity contribution in [1.29, 1.82) is 0 Å². The fraction of sp³-hybridized carbons (Fsp3) is 0.333. The van der Waals surface area contributed by atoms with Gasteiger partial charge in [-0.05, 0) is 65.9 Å². The standard InChI is InChI=1S/C33H26F8N2O/c1-16-13-18(15-29(3,4)5)9-10-20(16)19-11-12-42-23(14-19)21-7-6-8-22-24-26-25(17(2)43-28(24)44-27(21)22)30(34,35)32(38,39)33(40,41)31(26,36)37/h6-14H,15H2,1-5H3/i1D3,2D3,15D2. The fourth-order valence-corrected chi connectivity index (χ4v) is 5.41. The molecule has 0 aliphatic heterocycles. The zero-order valence-corrected chi connectivity index (χ0v) is 23.0. The molecular formula is C33H26F8N2O. The van der Waals surface area contributed by atoms with Crippen LogP contribution in [0.15, 0.2) is 59.1 Å². The zero-order valence-electron chi connectivity index (χ0n) is 31.0. The first-order valence-electron chi connectivity index (χ1n) is 17.0. The number of furan rings is 1. The number of alkyl halides is 8. The smallest absolute Gasteiger partial charge is 0.383 e. The van der Waals surface area contributed by atoms with Gasteiger partial charge in [-0.2, -0.15) is 35.1 Å². The van der Waals surface area contributed by atoms with Crippen molar-refractivity contribution in [1.82, 2.24) is 9.97 Å². The third kappa shape index (κ3) is 4.07. The summed E-state index contributed by atoms with van der Waals surface area (Å²) in [6.07, 6.45) is -0.735. The Bertz CT molecular complexity index is 2280. The van der Waals surface area contributed by atoms with E-state index in [2.05, 4.69) is 9.97 Å². The molecule has 0 amide bonds. The van der Waals surface area contributed by atoms with Gasteiger partial charge in [0.05, 0.1) is 27.9 Å². The molecule has 0 unspecified atom stereocenters. The summed E-state index contributed by atoms with van der Waals surface area (Å²) in [4.78, 5) is 7.64. The predicted octanol–water partition coefficient (Wildman–Crippen LogP) is 10.4. The first-order valence-corrected chi connectivity index (χ1v) is 13.0. The number of aromatic nitrogens is 2. The molecule has 0 saturated heterocycles. The van der Waals surface area contributed by atoms with Gasteiger partial charge in [-0.3, -0.25) is 4.98 Å². The summed E-state index contributed by atoms with van der Waals surface area (Å²) in [6.45, 7) is -1.69. The molecule has 5 aromatic rings. The van der Waals surface area contributed by atoms with Crippen molar-refractivity contribution in [2.75, 3.05) is 0 Å². The molecular weight excluding hydrogens is 592 g/mol. The Kier molecular flexibility index (Phi) is 4.55. The Morgan fingerprint density at radius 2 is 1.55 bits per heavy atom. The number of para-hydroxylation sites is 1. The summed E-state index contributed by atoms with van der Waals surface area (Å²) >= 11 is 0. The second kappa shape index (κ2) is 9.25. The summed E-state index contributed by atoms with van der Waals surface area (Å²) in [5, 5.41) is -1.83. The Balaban J connectivity index is 1.63. The van der Waals surface area contributed by atoms with Crippen molar-refractivity contribution in [2.24, 2.45) is 5.41 Å². The lowest BCUT2D eigenvalue weighted by molar-refractivity contribution is -0.386. The van der Waals surface area contributed by atoms with E-state index in [-0.39, 0.29) is 33.5 Å². The first-order chi connectivity index (χ1) is 23.5. The van der Waals surface area contributed by atoms with E-state index in [0.717, 1.165) is 12.1 Å². The quantitative estimate of drug-likeness (QED) is 0.187. The van der Waals surface area contributed by atoms with Crippen molar-refractivity contribution in [3.63, 3.8) is 0 Å². The molecule has 0 bridgehead atoms. The van der Waals surface area contributed by atoms with Crippen LogP contribution in [0.3, 0.4) is 0 Å². The Hall–Kier alpha value is -4.02. The summed E-state index contributed by atoms with van der Waals surface area (Å²) in [6, 6.07) is 10.2. The van der Waals surface area contributed by atoms with E-state index in [4.69, 9.17) is 15.4 Å². The Labute approximate surface area is 258 Å². The van der Waals surface area contributed by atoms with E-state index in [1.807, 2.05) is 0 Å². The number of halogens is 8. The van der Waals surface area contributed by atoms with Crippen LogP contribution in [-0.2, 0) is 18.2 Å². The van der Waals surface area contributed by atoms with E-state index in [1.165, 1.54) is 42.6 Å². The van der Waals surface area contributed by atoms with Crippen LogP contribution < -0.4 is 0 Å². The Morgan fingerprint density at radius 1 is 0.841 bits per heavy atom. The van der Waals surface area contributed by atoms with Gasteiger partial charge in [0.15, 0.2) is 0 Å². The maximum Gasteiger partial charge on any atom is 0.383 e. The molecule has 44 heavy (non-hydrogen) atoms. The Morgan fingerprint density at radius 3 is 2.20 bits per heavy atom. The van der Waals surface area contributed by atoms with Gasteiger partial charge in [-0.15, -0.1) is 0 Å². The number of hydrogen-bond acceptors (Lipinski definition) is 3. The predicted molar refractivity (Wildman–Crippen MR) is 150 cm³/mol.